The van der Waals surface area contributed by atoms with E-state index in [-0.39, 0.29) is 18.8 Å². The van der Waals surface area contributed by atoms with Gasteiger partial charge in [0.1, 0.15) is 12.4 Å². The fourth-order valence-corrected chi connectivity index (χ4v) is 2.03. The molecule has 0 saturated heterocycles. The van der Waals surface area contributed by atoms with Gasteiger partial charge >= 0.3 is 12.1 Å². The van der Waals surface area contributed by atoms with E-state index in [1.54, 1.807) is 37.3 Å². The molecule has 0 fully saturated rings. The first kappa shape index (κ1) is 18.2. The minimum atomic E-state index is -4.73. The van der Waals surface area contributed by atoms with Crippen LogP contribution in [0.5, 0.6) is 0 Å². The zero-order valence-corrected chi connectivity index (χ0v) is 12.5. The third kappa shape index (κ3) is 5.50. The lowest BCUT2D eigenvalue weighted by atomic mass is 9.91. The summed E-state index contributed by atoms with van der Waals surface area (Å²) in [6, 6.07) is 8.46. The molecule has 0 amide bonds. The molecule has 0 aliphatic carbocycles. The maximum absolute atomic E-state index is 13.0. The van der Waals surface area contributed by atoms with E-state index in [1.165, 1.54) is 6.92 Å². The fourth-order valence-electron chi connectivity index (χ4n) is 2.03. The molecule has 2 unspecified atom stereocenters. The summed E-state index contributed by atoms with van der Waals surface area (Å²) in [6.45, 7) is 2.76. The Labute approximate surface area is 127 Å². The van der Waals surface area contributed by atoms with E-state index >= 15 is 0 Å². The summed E-state index contributed by atoms with van der Waals surface area (Å²) < 4.78 is 43.8. The van der Waals surface area contributed by atoms with Crippen LogP contribution >= 0.6 is 0 Å². The normalized spacial score (nSPS) is 14.2. The van der Waals surface area contributed by atoms with Crippen molar-refractivity contribution in [2.45, 2.75) is 39.5 Å². The van der Waals surface area contributed by atoms with Crippen LogP contribution in [0.25, 0.3) is 0 Å². The summed E-state index contributed by atoms with van der Waals surface area (Å²) in [5.74, 6) is -4.75. The fraction of sp³-hybridized carbons (Fsp3) is 0.500. The number of rotatable bonds is 7. The topological polar surface area (TPSA) is 43.4 Å². The summed E-state index contributed by atoms with van der Waals surface area (Å²) >= 11 is 0. The Morgan fingerprint density at radius 1 is 1.18 bits per heavy atom. The average molecular weight is 316 g/mol. The zero-order valence-electron chi connectivity index (χ0n) is 12.5. The number of benzene rings is 1. The Bertz CT molecular complexity index is 497. The maximum Gasteiger partial charge on any atom is 0.402 e. The number of esters is 1. The molecule has 2 atom stereocenters. The van der Waals surface area contributed by atoms with Gasteiger partial charge in [-0.2, -0.15) is 13.2 Å². The molecule has 0 saturated carbocycles. The van der Waals surface area contributed by atoms with Crippen LogP contribution in [0.1, 0.15) is 32.3 Å². The highest BCUT2D eigenvalue weighted by Crippen LogP contribution is 2.33. The van der Waals surface area contributed by atoms with Crippen molar-refractivity contribution in [1.29, 1.82) is 0 Å². The third-order valence-electron chi connectivity index (χ3n) is 3.39. The first-order chi connectivity index (χ1) is 10.3. The van der Waals surface area contributed by atoms with Gasteiger partial charge in [0.15, 0.2) is 5.92 Å². The summed E-state index contributed by atoms with van der Waals surface area (Å²) in [5, 5.41) is 0. The molecule has 0 N–H and O–H groups in total. The quantitative estimate of drug-likeness (QED) is 0.716. The number of alkyl halides is 3. The molecule has 1 rings (SSSR count). The van der Waals surface area contributed by atoms with E-state index in [0.717, 1.165) is 0 Å². The van der Waals surface area contributed by atoms with Crippen molar-refractivity contribution in [2.75, 3.05) is 0 Å². The van der Waals surface area contributed by atoms with Gasteiger partial charge in [-0.05, 0) is 12.0 Å². The number of carbonyl (C=O) groups is 2. The third-order valence-corrected chi connectivity index (χ3v) is 3.39. The number of hydrogen-bond acceptors (Lipinski definition) is 3. The Hall–Kier alpha value is -1.85. The number of ether oxygens (including phenoxy) is 1. The van der Waals surface area contributed by atoms with Gasteiger partial charge in [-0.25, -0.2) is 0 Å². The minimum absolute atomic E-state index is 0.144. The minimum Gasteiger partial charge on any atom is -0.460 e. The lowest BCUT2D eigenvalue weighted by molar-refractivity contribution is -0.201. The van der Waals surface area contributed by atoms with Crippen LogP contribution in [0.3, 0.4) is 0 Å². The van der Waals surface area contributed by atoms with E-state index in [9.17, 15) is 22.8 Å². The summed E-state index contributed by atoms with van der Waals surface area (Å²) in [5.41, 5.74) is 0.606. The number of hydrogen-bond donors (Lipinski definition) is 0. The lowest BCUT2D eigenvalue weighted by Gasteiger charge is -2.21. The van der Waals surface area contributed by atoms with E-state index in [2.05, 4.69) is 0 Å². The Kier molecular flexibility index (Phi) is 6.59. The SMILES string of the molecule is CCC(=O)C(C)CC(C(=O)OCc1ccccc1)C(F)(F)F. The molecule has 0 spiro atoms. The molecule has 0 heterocycles. The molecule has 0 radical (unpaired) electrons. The van der Waals surface area contributed by atoms with Crippen molar-refractivity contribution in [1.82, 2.24) is 0 Å². The molecule has 0 bridgehead atoms. The van der Waals surface area contributed by atoms with E-state index in [0.29, 0.717) is 5.56 Å². The second kappa shape index (κ2) is 7.96. The van der Waals surface area contributed by atoms with Crippen molar-refractivity contribution in [3.8, 4) is 0 Å². The zero-order chi connectivity index (χ0) is 16.8. The predicted molar refractivity (Wildman–Crippen MR) is 74.9 cm³/mol. The van der Waals surface area contributed by atoms with Crippen LogP contribution in [0.4, 0.5) is 13.2 Å². The van der Waals surface area contributed by atoms with Gasteiger partial charge in [0.05, 0.1) is 0 Å². The lowest BCUT2D eigenvalue weighted by Crippen LogP contribution is -2.34. The monoisotopic (exact) mass is 316 g/mol. The summed E-state index contributed by atoms with van der Waals surface area (Å²) in [7, 11) is 0. The van der Waals surface area contributed by atoms with E-state index < -0.39 is 30.4 Å². The molecule has 1 aromatic carbocycles. The van der Waals surface area contributed by atoms with Crippen molar-refractivity contribution < 1.29 is 27.5 Å². The molecule has 0 aromatic heterocycles. The van der Waals surface area contributed by atoms with Crippen LogP contribution < -0.4 is 0 Å². The van der Waals surface area contributed by atoms with Gasteiger partial charge in [-0.1, -0.05) is 44.2 Å². The van der Waals surface area contributed by atoms with Crippen LogP contribution in [0.15, 0.2) is 30.3 Å². The average Bonchev–Trinajstić information content (AvgIpc) is 2.49. The van der Waals surface area contributed by atoms with Gasteiger partial charge in [0, 0.05) is 12.3 Å². The highest BCUT2D eigenvalue weighted by atomic mass is 19.4. The molecular weight excluding hydrogens is 297 g/mol. The van der Waals surface area contributed by atoms with Crippen LogP contribution in [0, 0.1) is 11.8 Å². The first-order valence-electron chi connectivity index (χ1n) is 7.05. The summed E-state index contributed by atoms with van der Waals surface area (Å²) in [6.07, 6.45) is -5.16. The van der Waals surface area contributed by atoms with E-state index in [4.69, 9.17) is 4.74 Å². The van der Waals surface area contributed by atoms with Gasteiger partial charge in [0.2, 0.25) is 0 Å². The number of carbonyl (C=O) groups excluding carboxylic acids is 2. The number of halogens is 3. The Morgan fingerprint density at radius 3 is 2.27 bits per heavy atom. The van der Waals surface area contributed by atoms with Crippen molar-refractivity contribution in [3.63, 3.8) is 0 Å². The standard InChI is InChI=1S/C16H19F3O3/c1-3-14(20)11(2)9-13(16(17,18)19)15(21)22-10-12-7-5-4-6-8-12/h4-8,11,13H,3,9-10H2,1-2H3. The van der Waals surface area contributed by atoms with Gasteiger partial charge in [-0.15, -0.1) is 0 Å². The molecule has 122 valence electrons. The highest BCUT2D eigenvalue weighted by Gasteiger charge is 2.47. The summed E-state index contributed by atoms with van der Waals surface area (Å²) in [4.78, 5) is 23.2. The van der Waals surface area contributed by atoms with Gasteiger partial charge < -0.3 is 4.74 Å². The Balaban J connectivity index is 2.71. The molecule has 6 heteroatoms. The maximum atomic E-state index is 13.0. The second-order valence-electron chi connectivity index (χ2n) is 5.14. The molecule has 0 aliphatic heterocycles. The largest absolute Gasteiger partial charge is 0.460 e. The molecule has 22 heavy (non-hydrogen) atoms. The number of ketones is 1. The van der Waals surface area contributed by atoms with Crippen LogP contribution in [-0.2, 0) is 20.9 Å². The second-order valence-corrected chi connectivity index (χ2v) is 5.14. The predicted octanol–water partition coefficient (Wildman–Crippen LogP) is 3.91. The highest BCUT2D eigenvalue weighted by molar-refractivity contribution is 5.81. The smallest absolute Gasteiger partial charge is 0.402 e. The number of Topliss-reactive ketones (excluding diaryl/α,β-unsaturated/α-hetero) is 1. The molecule has 3 nitrogen and oxygen atoms in total. The van der Waals surface area contributed by atoms with Gasteiger partial charge in [0.25, 0.3) is 0 Å². The van der Waals surface area contributed by atoms with Crippen molar-refractivity contribution >= 4 is 11.8 Å². The molecule has 1 aromatic rings. The van der Waals surface area contributed by atoms with Crippen LogP contribution in [0.2, 0.25) is 0 Å². The van der Waals surface area contributed by atoms with Crippen molar-refractivity contribution in [2.24, 2.45) is 11.8 Å². The molecule has 0 aliphatic rings. The molecular formula is C16H19F3O3. The Morgan fingerprint density at radius 2 is 1.77 bits per heavy atom. The first-order valence-corrected chi connectivity index (χ1v) is 7.05. The van der Waals surface area contributed by atoms with Crippen LogP contribution in [-0.4, -0.2) is 17.9 Å². The van der Waals surface area contributed by atoms with E-state index in [1.807, 2.05) is 0 Å². The van der Waals surface area contributed by atoms with Crippen molar-refractivity contribution in [3.05, 3.63) is 35.9 Å². The van der Waals surface area contributed by atoms with Gasteiger partial charge in [-0.3, -0.25) is 9.59 Å².